The molecule has 0 aromatic carbocycles. The van der Waals surface area contributed by atoms with Crippen molar-refractivity contribution in [3.63, 3.8) is 0 Å². The highest BCUT2D eigenvalue weighted by molar-refractivity contribution is 7.84. The van der Waals surface area contributed by atoms with Gasteiger partial charge in [-0.25, -0.2) is 13.7 Å². The summed E-state index contributed by atoms with van der Waals surface area (Å²) in [6.45, 7) is 13.7. The summed E-state index contributed by atoms with van der Waals surface area (Å²) in [6.07, 6.45) is 2.96. The van der Waals surface area contributed by atoms with Crippen molar-refractivity contribution >= 4 is 17.1 Å². The third kappa shape index (κ3) is 7.23. The number of carbonyl (C=O) groups excluding carboxylic acids is 1. The van der Waals surface area contributed by atoms with E-state index in [-0.39, 0.29) is 22.7 Å². The van der Waals surface area contributed by atoms with E-state index in [0.717, 1.165) is 12.8 Å². The van der Waals surface area contributed by atoms with Gasteiger partial charge >= 0.3 is 6.09 Å². The molecule has 4 N–H and O–H groups in total. The van der Waals surface area contributed by atoms with E-state index in [9.17, 15) is 9.00 Å². The van der Waals surface area contributed by atoms with E-state index < -0.39 is 22.7 Å². The number of ether oxygens (including phenoxy) is 1. The summed E-state index contributed by atoms with van der Waals surface area (Å²) in [5.41, 5.74) is 5.51. The summed E-state index contributed by atoms with van der Waals surface area (Å²) in [6, 6.07) is -0.154. The Morgan fingerprint density at radius 2 is 1.80 bits per heavy atom. The van der Waals surface area contributed by atoms with E-state index in [1.165, 1.54) is 6.42 Å². The number of nitrogens with one attached hydrogen (secondary N) is 2. The summed E-state index contributed by atoms with van der Waals surface area (Å²) in [7, 11) is -1.17. The van der Waals surface area contributed by atoms with Crippen LogP contribution in [0.5, 0.6) is 0 Å². The molecule has 0 saturated heterocycles. The first-order valence-electron chi connectivity index (χ1n) is 9.22. The molecule has 7 heteroatoms. The molecule has 1 saturated carbocycles. The third-order valence-corrected chi connectivity index (χ3v) is 6.18. The molecule has 0 bridgehead atoms. The zero-order chi connectivity index (χ0) is 19.4. The van der Waals surface area contributed by atoms with Crippen LogP contribution >= 0.6 is 0 Å². The largest absolute Gasteiger partial charge is 0.444 e. The molecule has 0 aliphatic heterocycles. The molecule has 148 valence electrons. The number of hydrogen-bond donors (Lipinski definition) is 3. The molecule has 1 fully saturated rings. The van der Waals surface area contributed by atoms with Gasteiger partial charge in [0, 0.05) is 18.0 Å². The SMILES string of the molecule is C[C@@H](NC(=O)OC(C)(C)C)[C@H](CN)[C@H](NS(=O)C(C)(C)C)C1CCC1. The van der Waals surface area contributed by atoms with E-state index in [1.54, 1.807) is 0 Å². The summed E-state index contributed by atoms with van der Waals surface area (Å²) in [5, 5.41) is 2.90. The number of nitrogens with two attached hydrogens (primary N) is 1. The molecule has 1 unspecified atom stereocenters. The second-order valence-corrected chi connectivity index (χ2v) is 11.0. The maximum atomic E-state index is 12.6. The maximum absolute atomic E-state index is 12.6. The van der Waals surface area contributed by atoms with Gasteiger partial charge in [0.15, 0.2) is 0 Å². The second kappa shape index (κ2) is 8.82. The standard InChI is InChI=1S/C18H37N3O3S/c1-12(20-16(22)24-17(2,3)4)14(11-19)15(13-9-8-10-13)21-25(23)18(5,6)7/h12-15,21H,8-11,19H2,1-7H3,(H,20,22)/t12-,14+,15-,25?/m1/s1. The summed E-state index contributed by atoms with van der Waals surface area (Å²) in [5.74, 6) is 0.437. The van der Waals surface area contributed by atoms with Gasteiger partial charge in [0.1, 0.15) is 5.60 Å². The van der Waals surface area contributed by atoms with Gasteiger partial charge in [-0.3, -0.25) is 0 Å². The predicted molar refractivity (Wildman–Crippen MR) is 104 cm³/mol. The Balaban J connectivity index is 2.82. The van der Waals surface area contributed by atoms with Gasteiger partial charge in [-0.2, -0.15) is 0 Å². The lowest BCUT2D eigenvalue weighted by Crippen LogP contribution is -2.56. The van der Waals surface area contributed by atoms with Crippen LogP contribution in [-0.4, -0.2) is 39.3 Å². The minimum atomic E-state index is -1.17. The van der Waals surface area contributed by atoms with Gasteiger partial charge in [0.2, 0.25) is 0 Å². The van der Waals surface area contributed by atoms with Crippen LogP contribution < -0.4 is 15.8 Å². The van der Waals surface area contributed by atoms with Crippen molar-refractivity contribution in [1.29, 1.82) is 0 Å². The van der Waals surface area contributed by atoms with Crippen LogP contribution in [0.15, 0.2) is 0 Å². The van der Waals surface area contributed by atoms with Crippen LogP contribution in [0.4, 0.5) is 4.79 Å². The Kier molecular flexibility index (Phi) is 7.90. The van der Waals surface area contributed by atoms with Crippen LogP contribution in [0, 0.1) is 11.8 Å². The lowest BCUT2D eigenvalue weighted by atomic mass is 9.73. The van der Waals surface area contributed by atoms with Crippen LogP contribution in [0.1, 0.15) is 67.7 Å². The first-order chi connectivity index (χ1) is 11.3. The topological polar surface area (TPSA) is 93.4 Å². The average Bonchev–Trinajstić information content (AvgIpc) is 2.33. The molecule has 0 spiro atoms. The first kappa shape index (κ1) is 22.4. The predicted octanol–water partition coefficient (Wildman–Crippen LogP) is 2.70. The van der Waals surface area contributed by atoms with Crippen molar-refractivity contribution in [2.24, 2.45) is 17.6 Å². The van der Waals surface area contributed by atoms with Crippen LogP contribution in [-0.2, 0) is 15.7 Å². The Bertz CT molecular complexity index is 467. The molecule has 1 aliphatic carbocycles. The lowest BCUT2D eigenvalue weighted by molar-refractivity contribution is 0.0476. The van der Waals surface area contributed by atoms with Crippen molar-refractivity contribution in [3.8, 4) is 0 Å². The molecule has 25 heavy (non-hydrogen) atoms. The number of amides is 1. The fourth-order valence-corrected chi connectivity index (χ4v) is 3.86. The number of alkyl carbamates (subject to hydrolysis) is 1. The van der Waals surface area contributed by atoms with Crippen LogP contribution in [0.3, 0.4) is 0 Å². The number of carbonyl (C=O) groups is 1. The summed E-state index contributed by atoms with van der Waals surface area (Å²) >= 11 is 0. The summed E-state index contributed by atoms with van der Waals surface area (Å²) < 4.78 is 20.9. The quantitative estimate of drug-likeness (QED) is 0.638. The van der Waals surface area contributed by atoms with Gasteiger partial charge in [0.05, 0.1) is 15.7 Å². The van der Waals surface area contributed by atoms with Gasteiger partial charge < -0.3 is 15.8 Å². The average molecular weight is 376 g/mol. The van der Waals surface area contributed by atoms with E-state index in [4.69, 9.17) is 10.5 Å². The van der Waals surface area contributed by atoms with Gasteiger partial charge in [0.25, 0.3) is 0 Å². The fraction of sp³-hybridized carbons (Fsp3) is 0.944. The number of rotatable bonds is 7. The van der Waals surface area contributed by atoms with E-state index in [0.29, 0.717) is 12.5 Å². The molecule has 0 heterocycles. The lowest BCUT2D eigenvalue weighted by Gasteiger charge is -2.42. The molecule has 1 amide bonds. The van der Waals surface area contributed by atoms with E-state index in [1.807, 2.05) is 48.5 Å². The van der Waals surface area contributed by atoms with Crippen molar-refractivity contribution in [2.75, 3.05) is 6.54 Å². The molecular formula is C18H37N3O3S. The fourth-order valence-electron chi connectivity index (χ4n) is 2.89. The molecular weight excluding hydrogens is 338 g/mol. The van der Waals surface area contributed by atoms with Gasteiger partial charge in [-0.05, 0) is 73.8 Å². The molecule has 0 aromatic rings. The Labute approximate surface area is 155 Å². The van der Waals surface area contributed by atoms with Crippen LogP contribution in [0.2, 0.25) is 0 Å². The summed E-state index contributed by atoms with van der Waals surface area (Å²) in [4.78, 5) is 12.1. The van der Waals surface area contributed by atoms with Crippen LogP contribution in [0.25, 0.3) is 0 Å². The minimum Gasteiger partial charge on any atom is -0.444 e. The smallest absolute Gasteiger partial charge is 0.407 e. The number of hydrogen-bond acceptors (Lipinski definition) is 4. The van der Waals surface area contributed by atoms with Crippen molar-refractivity contribution in [2.45, 2.75) is 90.2 Å². The maximum Gasteiger partial charge on any atom is 0.407 e. The van der Waals surface area contributed by atoms with E-state index in [2.05, 4.69) is 10.0 Å². The van der Waals surface area contributed by atoms with Crippen molar-refractivity contribution in [3.05, 3.63) is 0 Å². The first-order valence-corrected chi connectivity index (χ1v) is 10.4. The highest BCUT2D eigenvalue weighted by Crippen LogP contribution is 2.34. The highest BCUT2D eigenvalue weighted by Gasteiger charge is 2.38. The Morgan fingerprint density at radius 3 is 2.16 bits per heavy atom. The molecule has 1 rings (SSSR count). The Hall–Kier alpha value is -0.660. The third-order valence-electron chi connectivity index (χ3n) is 4.58. The molecule has 1 aliphatic rings. The molecule has 0 radical (unpaired) electrons. The zero-order valence-corrected chi connectivity index (χ0v) is 17.7. The second-order valence-electron chi connectivity index (χ2n) is 9.05. The van der Waals surface area contributed by atoms with Crippen molar-refractivity contribution in [1.82, 2.24) is 10.0 Å². The normalized spacial score (nSPS) is 21.0. The molecule has 0 aromatic heterocycles. The molecule has 6 nitrogen and oxygen atoms in total. The zero-order valence-electron chi connectivity index (χ0n) is 16.8. The monoisotopic (exact) mass is 375 g/mol. The minimum absolute atomic E-state index is 0.0101. The highest BCUT2D eigenvalue weighted by atomic mass is 32.2. The molecule has 4 atom stereocenters. The van der Waals surface area contributed by atoms with E-state index >= 15 is 0 Å². The van der Waals surface area contributed by atoms with Crippen molar-refractivity contribution < 1.29 is 13.7 Å². The van der Waals surface area contributed by atoms with Gasteiger partial charge in [-0.15, -0.1) is 0 Å². The Morgan fingerprint density at radius 1 is 1.24 bits per heavy atom. The van der Waals surface area contributed by atoms with Gasteiger partial charge in [-0.1, -0.05) is 6.42 Å².